The van der Waals surface area contributed by atoms with Gasteiger partial charge in [-0.1, -0.05) is 12.1 Å². The Balaban J connectivity index is 1.32. The molecular formula is C24H25BrN6O. The number of piperazine rings is 1. The van der Waals surface area contributed by atoms with Crippen molar-refractivity contribution in [3.63, 3.8) is 0 Å². The second kappa shape index (κ2) is 8.88. The largest absolute Gasteiger partial charge is 0.368 e. The van der Waals surface area contributed by atoms with Crippen LogP contribution in [0.3, 0.4) is 0 Å². The van der Waals surface area contributed by atoms with Crippen LogP contribution >= 0.6 is 15.9 Å². The summed E-state index contributed by atoms with van der Waals surface area (Å²) >= 11 is 3.75. The number of nitrogens with one attached hydrogen (secondary N) is 1. The van der Waals surface area contributed by atoms with E-state index in [0.717, 1.165) is 65.4 Å². The minimum atomic E-state index is -0.109. The molecule has 2 amide bonds. The second-order valence-electron chi connectivity index (χ2n) is 8.24. The van der Waals surface area contributed by atoms with Crippen molar-refractivity contribution in [2.24, 2.45) is 0 Å². The number of likely N-dealkylation sites (N-methyl/N-ethyl adjacent to an activating group) is 1. The van der Waals surface area contributed by atoms with Gasteiger partial charge in [-0.15, -0.1) is 0 Å². The van der Waals surface area contributed by atoms with Crippen molar-refractivity contribution in [3.05, 3.63) is 64.8 Å². The van der Waals surface area contributed by atoms with Crippen molar-refractivity contribution in [3.8, 4) is 11.3 Å². The van der Waals surface area contributed by atoms with Crippen LogP contribution < -0.4 is 15.1 Å². The molecule has 0 spiro atoms. The number of anilines is 3. The van der Waals surface area contributed by atoms with Gasteiger partial charge < -0.3 is 15.1 Å². The topological polar surface area (TPSA) is 64.6 Å². The highest BCUT2D eigenvalue weighted by atomic mass is 79.9. The van der Waals surface area contributed by atoms with Gasteiger partial charge in [0.2, 0.25) is 0 Å². The Labute approximate surface area is 196 Å². The first-order valence-electron chi connectivity index (χ1n) is 10.8. The number of hydrogen-bond acceptors (Lipinski definition) is 5. The summed E-state index contributed by atoms with van der Waals surface area (Å²) in [5.41, 5.74) is 5.88. The summed E-state index contributed by atoms with van der Waals surface area (Å²) in [5, 5.41) is 11.1. The van der Waals surface area contributed by atoms with Gasteiger partial charge in [-0.05, 0) is 71.4 Å². The fourth-order valence-electron chi connectivity index (χ4n) is 4.27. The van der Waals surface area contributed by atoms with E-state index in [0.29, 0.717) is 6.54 Å². The first-order chi connectivity index (χ1) is 15.6. The van der Waals surface area contributed by atoms with Crippen LogP contribution in [0.2, 0.25) is 0 Å². The number of fused-ring (bicyclic) bond motifs is 1. The van der Waals surface area contributed by atoms with E-state index in [1.807, 2.05) is 41.3 Å². The van der Waals surface area contributed by atoms with Crippen LogP contribution in [-0.4, -0.2) is 60.9 Å². The summed E-state index contributed by atoms with van der Waals surface area (Å²) < 4.78 is 1.10. The molecule has 1 saturated heterocycles. The van der Waals surface area contributed by atoms with Gasteiger partial charge >= 0.3 is 6.03 Å². The third kappa shape index (κ3) is 4.20. The third-order valence-corrected chi connectivity index (χ3v) is 6.77. The molecule has 0 saturated carbocycles. The number of carbonyl (C=O) groups is 1. The molecule has 1 N–H and O–H groups in total. The lowest BCUT2D eigenvalue weighted by molar-refractivity contribution is 0.257. The lowest BCUT2D eigenvalue weighted by Gasteiger charge is -2.35. The van der Waals surface area contributed by atoms with Crippen molar-refractivity contribution in [1.82, 2.24) is 15.1 Å². The van der Waals surface area contributed by atoms with Crippen molar-refractivity contribution >= 4 is 39.0 Å². The van der Waals surface area contributed by atoms with E-state index in [2.05, 4.69) is 60.4 Å². The highest BCUT2D eigenvalue weighted by molar-refractivity contribution is 9.10. The molecule has 1 aromatic heterocycles. The highest BCUT2D eigenvalue weighted by Gasteiger charge is 2.28. The fourth-order valence-corrected chi connectivity index (χ4v) is 4.91. The molecule has 1 fully saturated rings. The third-order valence-electron chi connectivity index (χ3n) is 6.14. The number of hydrogen-bond donors (Lipinski definition) is 1. The molecule has 2 aliphatic heterocycles. The van der Waals surface area contributed by atoms with Gasteiger partial charge in [-0.25, -0.2) is 4.79 Å². The summed E-state index contributed by atoms with van der Waals surface area (Å²) in [4.78, 5) is 19.7. The second-order valence-corrected chi connectivity index (χ2v) is 9.10. The zero-order chi connectivity index (χ0) is 22.1. The van der Waals surface area contributed by atoms with E-state index in [-0.39, 0.29) is 6.03 Å². The van der Waals surface area contributed by atoms with E-state index in [9.17, 15) is 4.79 Å². The number of benzene rings is 2. The van der Waals surface area contributed by atoms with Crippen molar-refractivity contribution in [2.75, 3.05) is 54.9 Å². The maximum atomic E-state index is 13.1. The van der Waals surface area contributed by atoms with Crippen molar-refractivity contribution in [1.29, 1.82) is 0 Å². The summed E-state index contributed by atoms with van der Waals surface area (Å²) in [5.74, 6) is 0. The van der Waals surface area contributed by atoms with E-state index >= 15 is 0 Å². The number of aromatic nitrogens is 2. The van der Waals surface area contributed by atoms with Gasteiger partial charge in [-0.3, -0.25) is 4.90 Å². The van der Waals surface area contributed by atoms with E-state index in [1.54, 1.807) is 6.20 Å². The molecule has 3 aromatic rings. The van der Waals surface area contributed by atoms with E-state index in [1.165, 1.54) is 5.56 Å². The number of halogens is 1. The number of urea groups is 1. The Morgan fingerprint density at radius 3 is 2.50 bits per heavy atom. The Hall–Kier alpha value is -2.97. The maximum absolute atomic E-state index is 13.1. The SMILES string of the molecule is CN1CCN(c2cc3c(cc2Br)CCN3C(=O)Nc2ccc(-c3cccnn3)cc2)CC1. The van der Waals surface area contributed by atoms with Crippen LogP contribution in [0.15, 0.2) is 59.2 Å². The molecule has 0 radical (unpaired) electrons. The van der Waals surface area contributed by atoms with Crippen LogP contribution in [0.1, 0.15) is 5.56 Å². The van der Waals surface area contributed by atoms with E-state index < -0.39 is 0 Å². The highest BCUT2D eigenvalue weighted by Crippen LogP contribution is 2.38. The summed E-state index contributed by atoms with van der Waals surface area (Å²) in [6, 6.07) is 15.7. The van der Waals surface area contributed by atoms with Gasteiger partial charge in [0, 0.05) is 54.6 Å². The molecule has 0 bridgehead atoms. The van der Waals surface area contributed by atoms with Gasteiger partial charge in [0.25, 0.3) is 0 Å². The molecule has 2 aliphatic rings. The standard InChI is InChI=1S/C24H25BrN6O/c1-29-11-13-30(14-12-29)23-16-22-18(15-20(23)25)8-10-31(22)24(32)27-19-6-4-17(5-7-19)21-3-2-9-26-28-21/h2-7,9,15-16H,8,10-14H2,1H3,(H,27,32). The van der Waals surface area contributed by atoms with Gasteiger partial charge in [0.05, 0.1) is 17.1 Å². The lowest BCUT2D eigenvalue weighted by atomic mass is 10.1. The molecule has 0 atom stereocenters. The predicted molar refractivity (Wildman–Crippen MR) is 131 cm³/mol. The normalized spacial score (nSPS) is 16.2. The van der Waals surface area contributed by atoms with E-state index in [4.69, 9.17) is 0 Å². The first-order valence-corrected chi connectivity index (χ1v) is 11.6. The average Bonchev–Trinajstić information content (AvgIpc) is 3.23. The Morgan fingerprint density at radius 2 is 1.78 bits per heavy atom. The monoisotopic (exact) mass is 492 g/mol. The summed E-state index contributed by atoms with van der Waals surface area (Å²) in [6.45, 7) is 4.73. The molecule has 2 aromatic carbocycles. The van der Waals surface area contributed by atoms with Crippen LogP contribution in [0.25, 0.3) is 11.3 Å². The molecule has 5 rings (SSSR count). The predicted octanol–water partition coefficient (Wildman–Crippen LogP) is 4.25. The Morgan fingerprint density at radius 1 is 1.00 bits per heavy atom. The zero-order valence-electron chi connectivity index (χ0n) is 18.0. The Kier molecular flexibility index (Phi) is 5.80. The van der Waals surface area contributed by atoms with Crippen molar-refractivity contribution < 1.29 is 4.79 Å². The number of rotatable bonds is 3. The Bertz CT molecular complexity index is 1110. The first kappa shape index (κ1) is 20.9. The smallest absolute Gasteiger partial charge is 0.326 e. The molecule has 8 heteroatoms. The van der Waals surface area contributed by atoms with Crippen LogP contribution in [0, 0.1) is 0 Å². The van der Waals surface area contributed by atoms with Crippen molar-refractivity contribution in [2.45, 2.75) is 6.42 Å². The summed E-state index contributed by atoms with van der Waals surface area (Å²) in [7, 11) is 2.15. The molecule has 0 aliphatic carbocycles. The van der Waals surface area contributed by atoms with Crippen LogP contribution in [0.5, 0.6) is 0 Å². The number of amides is 2. The zero-order valence-corrected chi connectivity index (χ0v) is 19.5. The quantitative estimate of drug-likeness (QED) is 0.591. The van der Waals surface area contributed by atoms with Crippen LogP contribution in [-0.2, 0) is 6.42 Å². The maximum Gasteiger partial charge on any atom is 0.326 e. The molecule has 164 valence electrons. The molecule has 3 heterocycles. The van der Waals surface area contributed by atoms with Gasteiger partial charge in [0.15, 0.2) is 0 Å². The molecule has 0 unspecified atom stereocenters. The lowest BCUT2D eigenvalue weighted by Crippen LogP contribution is -2.44. The van der Waals surface area contributed by atoms with Gasteiger partial charge in [0.1, 0.15) is 0 Å². The number of carbonyl (C=O) groups excluding carboxylic acids is 1. The molecule has 7 nitrogen and oxygen atoms in total. The molecular weight excluding hydrogens is 468 g/mol. The number of nitrogens with zero attached hydrogens (tertiary/aromatic N) is 5. The fraction of sp³-hybridized carbons (Fsp3) is 0.292. The summed E-state index contributed by atoms with van der Waals surface area (Å²) in [6.07, 6.45) is 2.51. The van der Waals surface area contributed by atoms with Gasteiger partial charge in [-0.2, -0.15) is 10.2 Å². The van der Waals surface area contributed by atoms with Crippen LogP contribution in [0.4, 0.5) is 21.9 Å². The minimum Gasteiger partial charge on any atom is -0.368 e. The average molecular weight is 493 g/mol. The molecule has 32 heavy (non-hydrogen) atoms. The minimum absolute atomic E-state index is 0.109.